The van der Waals surface area contributed by atoms with Crippen LogP contribution in [0.4, 0.5) is 4.39 Å². The molecule has 3 aromatic rings. The van der Waals surface area contributed by atoms with E-state index in [-0.39, 0.29) is 12.7 Å². The normalized spacial score (nSPS) is 12.9. The van der Waals surface area contributed by atoms with Crippen LogP contribution >= 0.6 is 0 Å². The Labute approximate surface area is 155 Å². The number of hydrogen-bond acceptors (Lipinski definition) is 2. The molecular weight excluding hydrogens is 325 g/mol. The summed E-state index contributed by atoms with van der Waals surface area (Å²) >= 11 is 0. The molecule has 0 aliphatic heterocycles. The molecule has 3 nitrogen and oxygen atoms in total. The number of aryl methyl sites for hydroxylation is 3. The van der Waals surface area contributed by atoms with E-state index in [2.05, 4.69) is 45.9 Å². The van der Waals surface area contributed by atoms with Gasteiger partial charge in [0.05, 0.1) is 22.8 Å². The topological polar surface area (TPSA) is 30.7 Å². The van der Waals surface area contributed by atoms with Crippen LogP contribution in [0, 0.1) is 13.8 Å². The van der Waals surface area contributed by atoms with Crippen molar-refractivity contribution in [2.45, 2.75) is 59.9 Å². The van der Waals surface area contributed by atoms with Gasteiger partial charge in [-0.25, -0.2) is 9.37 Å². The van der Waals surface area contributed by atoms with E-state index in [1.165, 1.54) is 5.56 Å². The molecule has 3 heterocycles. The Kier molecular flexibility index (Phi) is 5.12. The third-order valence-electron chi connectivity index (χ3n) is 5.10. The van der Waals surface area contributed by atoms with E-state index in [0.29, 0.717) is 5.92 Å². The Morgan fingerprint density at radius 1 is 1.12 bits per heavy atom. The zero-order chi connectivity index (χ0) is 19.0. The smallest absolute Gasteiger partial charge is 0.110 e. The van der Waals surface area contributed by atoms with Crippen molar-refractivity contribution in [1.82, 2.24) is 14.5 Å². The quantitative estimate of drug-likeness (QED) is 0.569. The number of halogens is 1. The number of pyridine rings is 2. The summed E-state index contributed by atoms with van der Waals surface area (Å²) in [6, 6.07) is 6.23. The Bertz CT molecular complexity index is 940. The summed E-state index contributed by atoms with van der Waals surface area (Å²) < 4.78 is 15.3. The number of hydrogen-bond donors (Lipinski definition) is 0. The summed E-state index contributed by atoms with van der Waals surface area (Å²) in [5, 5.41) is 0. The predicted octanol–water partition coefficient (Wildman–Crippen LogP) is 5.93. The molecule has 0 bridgehead atoms. The molecule has 0 aromatic carbocycles. The molecule has 0 saturated carbocycles. The van der Waals surface area contributed by atoms with Gasteiger partial charge in [0, 0.05) is 23.1 Å². The summed E-state index contributed by atoms with van der Waals surface area (Å²) in [6.07, 6.45) is 2.88. The van der Waals surface area contributed by atoms with Gasteiger partial charge in [-0.05, 0) is 62.4 Å². The maximum atomic E-state index is 13.2. The van der Waals surface area contributed by atoms with Crippen molar-refractivity contribution in [3.05, 3.63) is 46.9 Å². The average Bonchev–Trinajstić information content (AvgIpc) is 2.95. The molecule has 0 unspecified atom stereocenters. The average molecular weight is 353 g/mol. The van der Waals surface area contributed by atoms with Crippen molar-refractivity contribution in [3.8, 4) is 11.3 Å². The SMILES string of the molecule is CCc1cc2c(nc1-c1ccc(C(C)C)nc1C)c(C)cn2[C@@H](C)CF. The molecule has 0 aliphatic carbocycles. The molecule has 0 aliphatic rings. The van der Waals surface area contributed by atoms with Crippen LogP contribution in [0.1, 0.15) is 62.2 Å². The molecule has 0 N–H and O–H groups in total. The minimum absolute atomic E-state index is 0.183. The maximum absolute atomic E-state index is 13.2. The van der Waals surface area contributed by atoms with Gasteiger partial charge in [-0.15, -0.1) is 0 Å². The third kappa shape index (κ3) is 3.13. The number of aromatic nitrogens is 3. The molecule has 26 heavy (non-hydrogen) atoms. The van der Waals surface area contributed by atoms with Gasteiger partial charge in [0.15, 0.2) is 0 Å². The highest BCUT2D eigenvalue weighted by molar-refractivity contribution is 5.84. The molecule has 0 amide bonds. The Hall–Kier alpha value is -2.23. The zero-order valence-electron chi connectivity index (χ0n) is 16.6. The Morgan fingerprint density at radius 3 is 2.42 bits per heavy atom. The van der Waals surface area contributed by atoms with E-state index < -0.39 is 0 Å². The van der Waals surface area contributed by atoms with E-state index in [4.69, 9.17) is 9.97 Å². The highest BCUT2D eigenvalue weighted by Gasteiger charge is 2.17. The second-order valence-electron chi connectivity index (χ2n) is 7.46. The third-order valence-corrected chi connectivity index (χ3v) is 5.10. The van der Waals surface area contributed by atoms with Crippen molar-refractivity contribution in [3.63, 3.8) is 0 Å². The minimum atomic E-state index is -0.383. The summed E-state index contributed by atoms with van der Waals surface area (Å²) in [7, 11) is 0. The van der Waals surface area contributed by atoms with E-state index in [9.17, 15) is 4.39 Å². The van der Waals surface area contributed by atoms with Crippen molar-refractivity contribution >= 4 is 11.0 Å². The first-order chi connectivity index (χ1) is 12.4. The Balaban J connectivity index is 2.22. The van der Waals surface area contributed by atoms with Crippen LogP contribution in [-0.4, -0.2) is 21.2 Å². The lowest BCUT2D eigenvalue weighted by atomic mass is 10.00. The molecule has 1 atom stereocenters. The lowest BCUT2D eigenvalue weighted by Gasteiger charge is -2.15. The largest absolute Gasteiger partial charge is 0.340 e. The first-order valence-electron chi connectivity index (χ1n) is 9.42. The van der Waals surface area contributed by atoms with Crippen LogP contribution < -0.4 is 0 Å². The van der Waals surface area contributed by atoms with Crippen molar-refractivity contribution in [2.24, 2.45) is 0 Å². The molecule has 0 radical (unpaired) electrons. The summed E-state index contributed by atoms with van der Waals surface area (Å²) in [5.41, 5.74) is 8.39. The molecule has 3 aromatic heterocycles. The van der Waals surface area contributed by atoms with Crippen LogP contribution in [0.15, 0.2) is 24.4 Å². The van der Waals surface area contributed by atoms with E-state index in [1.807, 2.05) is 24.6 Å². The van der Waals surface area contributed by atoms with E-state index >= 15 is 0 Å². The summed E-state index contributed by atoms with van der Waals surface area (Å²) in [5.74, 6) is 0.405. The van der Waals surface area contributed by atoms with Crippen LogP contribution in [0.3, 0.4) is 0 Å². The number of fused-ring (bicyclic) bond motifs is 1. The molecule has 0 saturated heterocycles. The fourth-order valence-electron chi connectivity index (χ4n) is 3.46. The van der Waals surface area contributed by atoms with Crippen LogP contribution in [0.25, 0.3) is 22.3 Å². The first kappa shape index (κ1) is 18.6. The monoisotopic (exact) mass is 353 g/mol. The molecule has 4 heteroatoms. The fourth-order valence-corrected chi connectivity index (χ4v) is 3.46. The molecule has 0 spiro atoms. The standard InChI is InChI=1S/C22H28FN3/c1-7-17-10-20-21(14(4)12-26(20)15(5)11-23)25-22(17)18-8-9-19(13(2)3)24-16(18)6/h8-10,12-13,15H,7,11H2,1-6H3/t15-/m0/s1. The van der Waals surface area contributed by atoms with Gasteiger partial charge in [0.2, 0.25) is 0 Å². The van der Waals surface area contributed by atoms with Gasteiger partial charge in [-0.3, -0.25) is 4.98 Å². The zero-order valence-corrected chi connectivity index (χ0v) is 16.6. The fraction of sp³-hybridized carbons (Fsp3) is 0.455. The van der Waals surface area contributed by atoms with Crippen molar-refractivity contribution in [2.75, 3.05) is 6.67 Å². The molecular formula is C22H28FN3. The van der Waals surface area contributed by atoms with Crippen LogP contribution in [0.5, 0.6) is 0 Å². The lowest BCUT2D eigenvalue weighted by Crippen LogP contribution is -2.06. The molecule has 0 fully saturated rings. The summed E-state index contributed by atoms with van der Waals surface area (Å²) in [4.78, 5) is 9.78. The Morgan fingerprint density at radius 2 is 1.85 bits per heavy atom. The number of rotatable bonds is 5. The highest BCUT2D eigenvalue weighted by Crippen LogP contribution is 2.32. The van der Waals surface area contributed by atoms with E-state index in [0.717, 1.165) is 45.7 Å². The highest BCUT2D eigenvalue weighted by atomic mass is 19.1. The van der Waals surface area contributed by atoms with Gasteiger partial charge in [0.25, 0.3) is 0 Å². The van der Waals surface area contributed by atoms with Gasteiger partial charge in [0.1, 0.15) is 6.67 Å². The number of alkyl halides is 1. The maximum Gasteiger partial charge on any atom is 0.110 e. The van der Waals surface area contributed by atoms with Gasteiger partial charge >= 0.3 is 0 Å². The second kappa shape index (κ2) is 7.18. The van der Waals surface area contributed by atoms with E-state index in [1.54, 1.807) is 0 Å². The summed E-state index contributed by atoms with van der Waals surface area (Å²) in [6.45, 7) is 12.1. The van der Waals surface area contributed by atoms with Gasteiger partial charge < -0.3 is 4.57 Å². The molecule has 3 rings (SSSR count). The minimum Gasteiger partial charge on any atom is -0.340 e. The predicted molar refractivity (Wildman–Crippen MR) is 107 cm³/mol. The van der Waals surface area contributed by atoms with Gasteiger partial charge in [-0.2, -0.15) is 0 Å². The van der Waals surface area contributed by atoms with Gasteiger partial charge in [-0.1, -0.05) is 20.8 Å². The van der Waals surface area contributed by atoms with Crippen molar-refractivity contribution < 1.29 is 4.39 Å². The van der Waals surface area contributed by atoms with Crippen LogP contribution in [0.2, 0.25) is 0 Å². The first-order valence-corrected chi connectivity index (χ1v) is 9.42. The molecule has 138 valence electrons. The number of nitrogens with zero attached hydrogens (tertiary/aromatic N) is 3. The second-order valence-corrected chi connectivity index (χ2v) is 7.46. The van der Waals surface area contributed by atoms with Crippen molar-refractivity contribution in [1.29, 1.82) is 0 Å². The van der Waals surface area contributed by atoms with Crippen LogP contribution in [-0.2, 0) is 6.42 Å². The lowest BCUT2D eigenvalue weighted by molar-refractivity contribution is 0.383.